The summed E-state index contributed by atoms with van der Waals surface area (Å²) in [5.74, 6) is 2.23. The van der Waals surface area contributed by atoms with Crippen molar-refractivity contribution >= 4 is 15.9 Å². The average Bonchev–Trinajstić information content (AvgIpc) is 3.02. The van der Waals surface area contributed by atoms with Crippen molar-refractivity contribution in [3.8, 4) is 23.0 Å². The first-order chi connectivity index (χ1) is 10.8. The number of para-hydroxylation sites is 1. The highest BCUT2D eigenvalue weighted by molar-refractivity contribution is 9.10. The van der Waals surface area contributed by atoms with E-state index in [1.165, 1.54) is 0 Å². The summed E-state index contributed by atoms with van der Waals surface area (Å²) in [5, 5.41) is 8.04. The zero-order valence-electron chi connectivity index (χ0n) is 11.8. The van der Waals surface area contributed by atoms with Crippen molar-refractivity contribution in [1.29, 1.82) is 0 Å². The molecule has 0 unspecified atom stereocenters. The number of nitrogens with zero attached hydrogens (tertiary/aromatic N) is 2. The van der Waals surface area contributed by atoms with Crippen LogP contribution in [0.4, 0.5) is 0 Å². The van der Waals surface area contributed by atoms with Crippen molar-refractivity contribution < 1.29 is 13.9 Å². The van der Waals surface area contributed by atoms with Gasteiger partial charge in [0.15, 0.2) is 6.61 Å². The molecule has 0 atom stereocenters. The summed E-state index contributed by atoms with van der Waals surface area (Å²) < 4.78 is 17.5. The molecule has 3 aromatic rings. The molecule has 112 valence electrons. The summed E-state index contributed by atoms with van der Waals surface area (Å²) >= 11 is 3.39. The molecule has 0 aliphatic heterocycles. The number of methoxy groups -OCH3 is 1. The van der Waals surface area contributed by atoms with Gasteiger partial charge in [0.05, 0.1) is 12.7 Å². The molecule has 2 aromatic carbocycles. The van der Waals surface area contributed by atoms with Crippen LogP contribution < -0.4 is 9.47 Å². The fourth-order valence-corrected chi connectivity index (χ4v) is 2.32. The van der Waals surface area contributed by atoms with Crippen LogP contribution in [0.15, 0.2) is 57.4 Å². The third-order valence-corrected chi connectivity index (χ3v) is 3.46. The normalized spacial score (nSPS) is 10.5. The van der Waals surface area contributed by atoms with Gasteiger partial charge in [-0.05, 0) is 30.3 Å². The minimum absolute atomic E-state index is 0.207. The first-order valence-corrected chi connectivity index (χ1v) is 7.39. The number of benzene rings is 2. The third-order valence-electron chi connectivity index (χ3n) is 2.96. The highest BCUT2D eigenvalue weighted by Gasteiger charge is 2.13. The van der Waals surface area contributed by atoms with Crippen LogP contribution in [0, 0.1) is 0 Å². The zero-order valence-corrected chi connectivity index (χ0v) is 13.4. The smallest absolute Gasteiger partial charge is 0.254 e. The van der Waals surface area contributed by atoms with Gasteiger partial charge in [-0.2, -0.15) is 0 Å². The largest absolute Gasteiger partial charge is 0.496 e. The van der Waals surface area contributed by atoms with Crippen molar-refractivity contribution in [3.05, 3.63) is 58.9 Å². The molecular formula is C16H13BrN2O3. The Kier molecular flexibility index (Phi) is 4.39. The number of ether oxygens (including phenoxy) is 2. The number of hydrogen-bond acceptors (Lipinski definition) is 5. The van der Waals surface area contributed by atoms with E-state index in [0.29, 0.717) is 17.5 Å². The monoisotopic (exact) mass is 360 g/mol. The summed E-state index contributed by atoms with van der Waals surface area (Å²) in [6.07, 6.45) is 0. The van der Waals surface area contributed by atoms with Crippen LogP contribution in [-0.2, 0) is 6.61 Å². The maximum Gasteiger partial charge on any atom is 0.254 e. The van der Waals surface area contributed by atoms with E-state index in [-0.39, 0.29) is 6.61 Å². The van der Waals surface area contributed by atoms with Crippen LogP contribution in [0.3, 0.4) is 0 Å². The van der Waals surface area contributed by atoms with Gasteiger partial charge in [-0.1, -0.05) is 34.1 Å². The molecule has 0 saturated carbocycles. The molecule has 1 aromatic heterocycles. The molecule has 0 amide bonds. The molecule has 6 heteroatoms. The molecule has 0 spiro atoms. The second-order valence-corrected chi connectivity index (χ2v) is 5.36. The van der Waals surface area contributed by atoms with E-state index >= 15 is 0 Å². The van der Waals surface area contributed by atoms with Gasteiger partial charge in [0.1, 0.15) is 11.5 Å². The Labute approximate surface area is 136 Å². The van der Waals surface area contributed by atoms with Crippen molar-refractivity contribution in [2.75, 3.05) is 7.11 Å². The van der Waals surface area contributed by atoms with E-state index in [9.17, 15) is 0 Å². The van der Waals surface area contributed by atoms with Crippen LogP contribution in [-0.4, -0.2) is 17.3 Å². The highest BCUT2D eigenvalue weighted by atomic mass is 79.9. The molecule has 0 bridgehead atoms. The van der Waals surface area contributed by atoms with Gasteiger partial charge in [0.25, 0.3) is 11.8 Å². The van der Waals surface area contributed by atoms with Gasteiger partial charge in [0.2, 0.25) is 0 Å². The predicted molar refractivity (Wildman–Crippen MR) is 84.8 cm³/mol. The van der Waals surface area contributed by atoms with Gasteiger partial charge >= 0.3 is 0 Å². The van der Waals surface area contributed by atoms with E-state index in [1.54, 1.807) is 7.11 Å². The number of rotatable bonds is 5. The Hall–Kier alpha value is -2.34. The lowest BCUT2D eigenvalue weighted by Gasteiger charge is -2.04. The molecule has 22 heavy (non-hydrogen) atoms. The van der Waals surface area contributed by atoms with Gasteiger partial charge in [0, 0.05) is 4.47 Å². The van der Waals surface area contributed by atoms with Crippen molar-refractivity contribution in [1.82, 2.24) is 10.2 Å². The Bertz CT molecular complexity index is 773. The van der Waals surface area contributed by atoms with Gasteiger partial charge < -0.3 is 13.9 Å². The van der Waals surface area contributed by atoms with Crippen LogP contribution >= 0.6 is 15.9 Å². The Balaban J connectivity index is 1.74. The maximum absolute atomic E-state index is 5.63. The minimum Gasteiger partial charge on any atom is -0.496 e. The van der Waals surface area contributed by atoms with Crippen molar-refractivity contribution in [3.63, 3.8) is 0 Å². The highest BCUT2D eigenvalue weighted by Crippen LogP contribution is 2.28. The van der Waals surface area contributed by atoms with Crippen LogP contribution in [0.2, 0.25) is 0 Å². The van der Waals surface area contributed by atoms with Crippen LogP contribution in [0.25, 0.3) is 11.5 Å². The fourth-order valence-electron chi connectivity index (χ4n) is 1.94. The summed E-state index contributed by atoms with van der Waals surface area (Å²) in [7, 11) is 1.60. The van der Waals surface area contributed by atoms with E-state index in [1.807, 2.05) is 48.5 Å². The summed E-state index contributed by atoms with van der Waals surface area (Å²) in [4.78, 5) is 0. The number of halogens is 1. The predicted octanol–water partition coefficient (Wildman–Crippen LogP) is 4.09. The topological polar surface area (TPSA) is 57.4 Å². The Morgan fingerprint density at radius 3 is 2.77 bits per heavy atom. The van der Waals surface area contributed by atoms with Gasteiger partial charge in [-0.3, -0.25) is 0 Å². The van der Waals surface area contributed by atoms with Gasteiger partial charge in [-0.15, -0.1) is 10.2 Å². The minimum atomic E-state index is 0.207. The first-order valence-electron chi connectivity index (χ1n) is 6.60. The fraction of sp³-hybridized carbons (Fsp3) is 0.125. The van der Waals surface area contributed by atoms with E-state index in [2.05, 4.69) is 26.1 Å². The standard InChI is InChI=1S/C16H13BrN2O3/c1-20-14-8-3-2-7-13(14)16-19-18-15(22-16)10-21-12-6-4-5-11(17)9-12/h2-9H,10H2,1H3. The van der Waals surface area contributed by atoms with E-state index < -0.39 is 0 Å². The number of hydrogen-bond donors (Lipinski definition) is 0. The van der Waals surface area contributed by atoms with Crippen LogP contribution in [0.1, 0.15) is 5.89 Å². The average molecular weight is 361 g/mol. The second-order valence-electron chi connectivity index (χ2n) is 4.45. The molecule has 0 N–H and O–H groups in total. The summed E-state index contributed by atoms with van der Waals surface area (Å²) in [5.41, 5.74) is 0.756. The SMILES string of the molecule is COc1ccccc1-c1nnc(COc2cccc(Br)c2)o1. The van der Waals surface area contributed by atoms with Crippen molar-refractivity contribution in [2.45, 2.75) is 6.61 Å². The summed E-state index contributed by atoms with van der Waals surface area (Å²) in [6.45, 7) is 0.207. The molecule has 0 aliphatic rings. The molecule has 0 aliphatic carbocycles. The molecule has 0 saturated heterocycles. The lowest BCUT2D eigenvalue weighted by atomic mass is 10.2. The third kappa shape index (κ3) is 3.28. The maximum atomic E-state index is 5.63. The summed E-state index contributed by atoms with van der Waals surface area (Å²) in [6, 6.07) is 15.0. The molecule has 1 heterocycles. The van der Waals surface area contributed by atoms with Crippen molar-refractivity contribution in [2.24, 2.45) is 0 Å². The van der Waals surface area contributed by atoms with E-state index in [4.69, 9.17) is 13.9 Å². The molecule has 0 radical (unpaired) electrons. The quantitative estimate of drug-likeness (QED) is 0.685. The van der Waals surface area contributed by atoms with Gasteiger partial charge in [-0.25, -0.2) is 0 Å². The first kappa shape index (κ1) is 14.6. The molecule has 3 rings (SSSR count). The van der Waals surface area contributed by atoms with Crippen LogP contribution in [0.5, 0.6) is 11.5 Å². The second kappa shape index (κ2) is 6.62. The number of aromatic nitrogens is 2. The lowest BCUT2D eigenvalue weighted by Crippen LogP contribution is -1.95. The van der Waals surface area contributed by atoms with E-state index in [0.717, 1.165) is 15.8 Å². The Morgan fingerprint density at radius 1 is 1.09 bits per heavy atom. The Morgan fingerprint density at radius 2 is 1.95 bits per heavy atom. The molecule has 5 nitrogen and oxygen atoms in total. The zero-order chi connectivity index (χ0) is 15.4. The lowest BCUT2D eigenvalue weighted by molar-refractivity contribution is 0.264. The molecule has 0 fully saturated rings. The molecular weight excluding hydrogens is 348 g/mol.